The van der Waals surface area contributed by atoms with E-state index in [9.17, 15) is 9.59 Å². The maximum atomic E-state index is 10.2. The van der Waals surface area contributed by atoms with Crippen LogP contribution in [0.5, 0.6) is 0 Å². The second-order valence-corrected chi connectivity index (χ2v) is 4.12. The van der Waals surface area contributed by atoms with Gasteiger partial charge in [-0.3, -0.25) is 9.59 Å². The average molecular weight is 254 g/mol. The maximum absolute atomic E-state index is 10.2. The standard InChI is InChI=1S/C12H22O4.Na.H/c13-11(14)9-7-5-3-1-2-4-6-8-10-12(15)16;;/h1-10H2,(H,13,14)(H,15,16);;. The molecule has 0 aliphatic carbocycles. The number of aliphatic carboxylic acids is 2. The summed E-state index contributed by atoms with van der Waals surface area (Å²) in [6.07, 6.45) is 8.51. The molecule has 0 bridgehead atoms. The molecule has 0 saturated heterocycles. The molecule has 17 heavy (non-hydrogen) atoms. The average Bonchev–Trinajstić information content (AvgIpc) is 2.20. The molecule has 0 amide bonds. The number of carbonyl (C=O) groups is 2. The fourth-order valence-electron chi connectivity index (χ4n) is 1.61. The molecule has 2 N–H and O–H groups in total. The number of hydrogen-bond donors (Lipinski definition) is 2. The van der Waals surface area contributed by atoms with Crippen LogP contribution >= 0.6 is 0 Å². The summed E-state index contributed by atoms with van der Waals surface area (Å²) in [6.45, 7) is 0. The van der Waals surface area contributed by atoms with Gasteiger partial charge in [0.2, 0.25) is 0 Å². The van der Waals surface area contributed by atoms with Gasteiger partial charge in [-0.15, -0.1) is 0 Å². The van der Waals surface area contributed by atoms with Crippen molar-refractivity contribution in [1.82, 2.24) is 0 Å². The van der Waals surface area contributed by atoms with Gasteiger partial charge in [0.1, 0.15) is 0 Å². The Morgan fingerprint density at radius 1 is 0.588 bits per heavy atom. The number of carboxylic acid groups (broad SMARTS) is 2. The molecule has 0 aromatic rings. The van der Waals surface area contributed by atoms with Crippen molar-refractivity contribution < 1.29 is 19.8 Å². The van der Waals surface area contributed by atoms with Crippen molar-refractivity contribution in [3.05, 3.63) is 0 Å². The van der Waals surface area contributed by atoms with Crippen LogP contribution < -0.4 is 0 Å². The summed E-state index contributed by atoms with van der Waals surface area (Å²) in [5.74, 6) is -1.43. The van der Waals surface area contributed by atoms with E-state index < -0.39 is 11.9 Å². The normalized spacial score (nSPS) is 9.65. The second-order valence-electron chi connectivity index (χ2n) is 4.12. The van der Waals surface area contributed by atoms with E-state index in [1.54, 1.807) is 0 Å². The molecule has 0 aromatic heterocycles. The van der Waals surface area contributed by atoms with Crippen LogP contribution in [0.1, 0.15) is 64.2 Å². The molecule has 0 heterocycles. The van der Waals surface area contributed by atoms with E-state index >= 15 is 0 Å². The number of rotatable bonds is 11. The van der Waals surface area contributed by atoms with E-state index in [0.717, 1.165) is 51.4 Å². The summed E-state index contributed by atoms with van der Waals surface area (Å²) in [7, 11) is 0. The topological polar surface area (TPSA) is 74.6 Å². The molecule has 0 aliphatic heterocycles. The van der Waals surface area contributed by atoms with Gasteiger partial charge >= 0.3 is 41.5 Å². The molecule has 0 fully saturated rings. The van der Waals surface area contributed by atoms with Crippen molar-refractivity contribution in [2.24, 2.45) is 0 Å². The number of unbranched alkanes of at least 4 members (excludes halogenated alkanes) is 7. The van der Waals surface area contributed by atoms with E-state index in [1.165, 1.54) is 0 Å². The SMILES string of the molecule is O=C(O)CCCCCCCCCCC(=O)O.[NaH]. The summed E-state index contributed by atoms with van der Waals surface area (Å²) in [4.78, 5) is 20.4. The molecular weight excluding hydrogens is 231 g/mol. The van der Waals surface area contributed by atoms with E-state index in [4.69, 9.17) is 10.2 Å². The molecule has 0 saturated carbocycles. The predicted octanol–water partition coefficient (Wildman–Crippen LogP) is 2.41. The van der Waals surface area contributed by atoms with E-state index in [0.29, 0.717) is 0 Å². The van der Waals surface area contributed by atoms with Gasteiger partial charge < -0.3 is 10.2 Å². The molecule has 4 nitrogen and oxygen atoms in total. The molecule has 0 spiro atoms. The Morgan fingerprint density at radius 3 is 1.06 bits per heavy atom. The zero-order chi connectivity index (χ0) is 12.2. The molecule has 0 aromatic carbocycles. The molecule has 0 rings (SSSR count). The fourth-order valence-corrected chi connectivity index (χ4v) is 1.61. The van der Waals surface area contributed by atoms with Crippen molar-refractivity contribution in [2.45, 2.75) is 64.2 Å². The molecule has 0 aliphatic rings. The van der Waals surface area contributed by atoms with Crippen molar-refractivity contribution in [3.63, 3.8) is 0 Å². The first-order valence-corrected chi connectivity index (χ1v) is 6.06. The van der Waals surface area contributed by atoms with Crippen LogP contribution in [0.4, 0.5) is 0 Å². The second kappa shape index (κ2) is 14.0. The van der Waals surface area contributed by atoms with Crippen LogP contribution in [-0.4, -0.2) is 51.7 Å². The zero-order valence-corrected chi connectivity index (χ0v) is 9.78. The molecule has 0 radical (unpaired) electrons. The minimum absolute atomic E-state index is 0. The monoisotopic (exact) mass is 254 g/mol. The third kappa shape index (κ3) is 18.5. The van der Waals surface area contributed by atoms with E-state index in [1.807, 2.05) is 0 Å². The van der Waals surface area contributed by atoms with Crippen LogP contribution in [-0.2, 0) is 9.59 Å². The van der Waals surface area contributed by atoms with Crippen LogP contribution in [0.25, 0.3) is 0 Å². The summed E-state index contributed by atoms with van der Waals surface area (Å²) in [5, 5.41) is 16.8. The first-order valence-electron chi connectivity index (χ1n) is 6.06. The van der Waals surface area contributed by atoms with Gasteiger partial charge in [-0.2, -0.15) is 0 Å². The van der Waals surface area contributed by atoms with Crippen molar-refractivity contribution >= 4 is 41.5 Å². The number of hydrogen-bond acceptors (Lipinski definition) is 2. The molecule has 5 heteroatoms. The first-order chi connectivity index (χ1) is 7.63. The van der Waals surface area contributed by atoms with Gasteiger partial charge in [0.15, 0.2) is 0 Å². The zero-order valence-electron chi connectivity index (χ0n) is 9.78. The minimum atomic E-state index is -0.714. The summed E-state index contributed by atoms with van der Waals surface area (Å²) in [6, 6.07) is 0. The quantitative estimate of drug-likeness (QED) is 0.438. The fraction of sp³-hybridized carbons (Fsp3) is 0.833. The van der Waals surface area contributed by atoms with E-state index in [-0.39, 0.29) is 42.4 Å². The number of carboxylic acids is 2. The third-order valence-corrected chi connectivity index (χ3v) is 2.53. The Hall–Kier alpha value is -0.0600. The van der Waals surface area contributed by atoms with Crippen LogP contribution in [0.2, 0.25) is 0 Å². The summed E-state index contributed by atoms with van der Waals surface area (Å²) >= 11 is 0. The van der Waals surface area contributed by atoms with Gasteiger partial charge in [0.05, 0.1) is 0 Å². The first kappa shape index (κ1) is 19.3. The van der Waals surface area contributed by atoms with Crippen LogP contribution in [0.15, 0.2) is 0 Å². The van der Waals surface area contributed by atoms with E-state index in [2.05, 4.69) is 0 Å². The van der Waals surface area contributed by atoms with Gasteiger partial charge in [-0.05, 0) is 12.8 Å². The van der Waals surface area contributed by atoms with Gasteiger partial charge in [0, 0.05) is 12.8 Å². The summed E-state index contributed by atoms with van der Waals surface area (Å²) in [5.41, 5.74) is 0. The van der Waals surface area contributed by atoms with Gasteiger partial charge in [0.25, 0.3) is 0 Å². The van der Waals surface area contributed by atoms with Gasteiger partial charge in [-0.1, -0.05) is 38.5 Å². The molecular formula is C12H23NaO4. The molecule has 0 unspecified atom stereocenters. The van der Waals surface area contributed by atoms with Gasteiger partial charge in [-0.25, -0.2) is 0 Å². The molecule has 96 valence electrons. The van der Waals surface area contributed by atoms with Crippen molar-refractivity contribution in [3.8, 4) is 0 Å². The Morgan fingerprint density at radius 2 is 0.824 bits per heavy atom. The predicted molar refractivity (Wildman–Crippen MR) is 68.6 cm³/mol. The Kier molecular flexibility index (Phi) is 15.9. The van der Waals surface area contributed by atoms with Crippen molar-refractivity contribution in [1.29, 1.82) is 0 Å². The van der Waals surface area contributed by atoms with Crippen LogP contribution in [0.3, 0.4) is 0 Å². The van der Waals surface area contributed by atoms with Crippen molar-refractivity contribution in [2.75, 3.05) is 0 Å². The Bertz CT molecular complexity index is 185. The third-order valence-electron chi connectivity index (χ3n) is 2.53. The Balaban J connectivity index is 0. The summed E-state index contributed by atoms with van der Waals surface area (Å²) < 4.78 is 0. The van der Waals surface area contributed by atoms with Crippen LogP contribution in [0, 0.1) is 0 Å². The Labute approximate surface area is 125 Å². The molecule has 0 atom stereocenters.